The van der Waals surface area contributed by atoms with E-state index in [2.05, 4.69) is 29.8 Å². The van der Waals surface area contributed by atoms with Gasteiger partial charge < -0.3 is 5.11 Å². The number of aliphatic hydroxyl groups is 1. The summed E-state index contributed by atoms with van der Waals surface area (Å²) in [6.45, 7) is 4.31. The minimum atomic E-state index is -0.580. The molecule has 90 valence electrons. The van der Waals surface area contributed by atoms with Crippen LogP contribution in [0.5, 0.6) is 0 Å². The molecule has 0 spiro atoms. The Kier molecular flexibility index (Phi) is 5.42. The third kappa shape index (κ3) is 3.87. The van der Waals surface area contributed by atoms with Crippen molar-refractivity contribution >= 4 is 15.9 Å². The van der Waals surface area contributed by atoms with E-state index >= 15 is 0 Å². The van der Waals surface area contributed by atoms with Crippen LogP contribution in [-0.2, 0) is 0 Å². The van der Waals surface area contributed by atoms with Crippen molar-refractivity contribution in [2.45, 2.75) is 39.2 Å². The molecule has 1 aromatic rings. The van der Waals surface area contributed by atoms with Crippen LogP contribution in [0.2, 0.25) is 0 Å². The van der Waals surface area contributed by atoms with Crippen molar-refractivity contribution in [1.29, 1.82) is 0 Å². The molecule has 0 aromatic heterocycles. The summed E-state index contributed by atoms with van der Waals surface area (Å²) in [4.78, 5) is 0. The quantitative estimate of drug-likeness (QED) is 0.849. The molecule has 1 aromatic carbocycles. The Morgan fingerprint density at radius 3 is 2.62 bits per heavy atom. The highest BCUT2D eigenvalue weighted by atomic mass is 79.9. The summed E-state index contributed by atoms with van der Waals surface area (Å²) in [5.74, 6) is 0.323. The van der Waals surface area contributed by atoms with Crippen molar-refractivity contribution in [2.24, 2.45) is 5.92 Å². The van der Waals surface area contributed by atoms with Gasteiger partial charge in [-0.25, -0.2) is 4.39 Å². The molecule has 0 amide bonds. The molecule has 0 radical (unpaired) electrons. The molecule has 0 aliphatic heterocycles. The molecule has 1 unspecified atom stereocenters. The molecule has 0 fully saturated rings. The van der Waals surface area contributed by atoms with Crippen molar-refractivity contribution in [1.82, 2.24) is 0 Å². The molecule has 0 saturated carbocycles. The fourth-order valence-corrected chi connectivity index (χ4v) is 2.18. The van der Waals surface area contributed by atoms with E-state index in [0.717, 1.165) is 12.8 Å². The van der Waals surface area contributed by atoms with Crippen LogP contribution >= 0.6 is 15.9 Å². The number of hydrogen-bond acceptors (Lipinski definition) is 1. The normalized spacial score (nSPS) is 13.1. The number of aliphatic hydroxyl groups excluding tert-OH is 1. The second-order valence-corrected chi connectivity index (χ2v) is 5.28. The molecule has 1 atom stereocenters. The molecule has 1 rings (SSSR count). The largest absolute Gasteiger partial charge is 0.388 e. The van der Waals surface area contributed by atoms with Crippen molar-refractivity contribution in [3.63, 3.8) is 0 Å². The van der Waals surface area contributed by atoms with Crippen LogP contribution in [0.25, 0.3) is 0 Å². The Balaban J connectivity index is 2.59. The van der Waals surface area contributed by atoms with Gasteiger partial charge in [-0.2, -0.15) is 0 Å². The zero-order chi connectivity index (χ0) is 12.1. The molecule has 16 heavy (non-hydrogen) atoms. The SMILES string of the molecule is CC(C)CCCC(O)c1cccc(F)c1Br. The van der Waals surface area contributed by atoms with Crippen LogP contribution in [0.1, 0.15) is 44.8 Å². The van der Waals surface area contributed by atoms with Crippen LogP contribution in [0, 0.1) is 11.7 Å². The van der Waals surface area contributed by atoms with Gasteiger partial charge in [-0.3, -0.25) is 0 Å². The molecule has 3 heteroatoms. The van der Waals surface area contributed by atoms with E-state index in [1.165, 1.54) is 6.07 Å². The van der Waals surface area contributed by atoms with Crippen molar-refractivity contribution < 1.29 is 9.50 Å². The Labute approximate surface area is 105 Å². The van der Waals surface area contributed by atoms with Crippen LogP contribution in [0.4, 0.5) is 4.39 Å². The van der Waals surface area contributed by atoms with Gasteiger partial charge in [-0.15, -0.1) is 0 Å². The number of hydrogen-bond donors (Lipinski definition) is 1. The first kappa shape index (κ1) is 13.7. The Hall–Kier alpha value is -0.410. The first-order chi connectivity index (χ1) is 7.52. The van der Waals surface area contributed by atoms with Gasteiger partial charge in [-0.1, -0.05) is 38.8 Å². The highest BCUT2D eigenvalue weighted by Gasteiger charge is 2.13. The van der Waals surface area contributed by atoms with E-state index in [9.17, 15) is 9.50 Å². The number of rotatable bonds is 5. The monoisotopic (exact) mass is 288 g/mol. The lowest BCUT2D eigenvalue weighted by molar-refractivity contribution is 0.161. The van der Waals surface area contributed by atoms with E-state index in [0.29, 0.717) is 22.4 Å². The topological polar surface area (TPSA) is 20.2 Å². The lowest BCUT2D eigenvalue weighted by Crippen LogP contribution is -2.00. The lowest BCUT2D eigenvalue weighted by Gasteiger charge is -2.13. The summed E-state index contributed by atoms with van der Waals surface area (Å²) in [6.07, 6.45) is 2.15. The van der Waals surface area contributed by atoms with Gasteiger partial charge in [-0.05, 0) is 39.9 Å². The maximum Gasteiger partial charge on any atom is 0.137 e. The average molecular weight is 289 g/mol. The maximum atomic E-state index is 13.2. The van der Waals surface area contributed by atoms with Gasteiger partial charge in [0, 0.05) is 0 Å². The summed E-state index contributed by atoms with van der Waals surface area (Å²) in [7, 11) is 0. The van der Waals surface area contributed by atoms with Gasteiger partial charge in [0.15, 0.2) is 0 Å². The second-order valence-electron chi connectivity index (χ2n) is 4.48. The Morgan fingerprint density at radius 1 is 1.31 bits per heavy atom. The molecular weight excluding hydrogens is 271 g/mol. The second kappa shape index (κ2) is 6.36. The van der Waals surface area contributed by atoms with Crippen molar-refractivity contribution in [2.75, 3.05) is 0 Å². The van der Waals surface area contributed by atoms with Crippen LogP contribution in [-0.4, -0.2) is 5.11 Å². The number of halogens is 2. The maximum absolute atomic E-state index is 13.2. The van der Waals surface area contributed by atoms with E-state index < -0.39 is 6.10 Å². The minimum Gasteiger partial charge on any atom is -0.388 e. The fraction of sp³-hybridized carbons (Fsp3) is 0.538. The molecule has 1 nitrogen and oxygen atoms in total. The molecule has 1 N–H and O–H groups in total. The predicted octanol–water partition coefficient (Wildman–Crippen LogP) is 4.45. The third-order valence-corrected chi connectivity index (χ3v) is 3.44. The molecule has 0 aliphatic carbocycles. The third-order valence-electron chi connectivity index (χ3n) is 2.60. The lowest BCUT2D eigenvalue weighted by atomic mass is 10.00. The zero-order valence-electron chi connectivity index (χ0n) is 9.71. The molecular formula is C13H18BrFO. The van der Waals surface area contributed by atoms with Gasteiger partial charge in [0.05, 0.1) is 10.6 Å². The van der Waals surface area contributed by atoms with Gasteiger partial charge in [0.25, 0.3) is 0 Å². The molecule has 0 bridgehead atoms. The smallest absolute Gasteiger partial charge is 0.137 e. The molecule has 0 heterocycles. The highest BCUT2D eigenvalue weighted by molar-refractivity contribution is 9.10. The van der Waals surface area contributed by atoms with Crippen LogP contribution in [0.15, 0.2) is 22.7 Å². The van der Waals surface area contributed by atoms with E-state index in [1.54, 1.807) is 12.1 Å². The van der Waals surface area contributed by atoms with Crippen LogP contribution in [0.3, 0.4) is 0 Å². The molecule has 0 saturated heterocycles. The summed E-state index contributed by atoms with van der Waals surface area (Å²) >= 11 is 3.17. The Morgan fingerprint density at radius 2 is 2.00 bits per heavy atom. The van der Waals surface area contributed by atoms with Crippen molar-refractivity contribution in [3.05, 3.63) is 34.1 Å². The van der Waals surface area contributed by atoms with E-state index in [-0.39, 0.29) is 5.82 Å². The standard InChI is InChI=1S/C13H18BrFO/c1-9(2)5-3-8-12(16)10-6-4-7-11(15)13(10)14/h4,6-7,9,12,16H,3,5,8H2,1-2H3. The summed E-state index contributed by atoms with van der Waals surface area (Å²) < 4.78 is 13.6. The van der Waals surface area contributed by atoms with E-state index in [1.807, 2.05) is 0 Å². The van der Waals surface area contributed by atoms with Gasteiger partial charge in [0.2, 0.25) is 0 Å². The average Bonchev–Trinajstić information content (AvgIpc) is 2.21. The van der Waals surface area contributed by atoms with Gasteiger partial charge in [0.1, 0.15) is 5.82 Å². The summed E-state index contributed by atoms with van der Waals surface area (Å²) in [5.41, 5.74) is 0.642. The van der Waals surface area contributed by atoms with Gasteiger partial charge >= 0.3 is 0 Å². The number of benzene rings is 1. The summed E-state index contributed by atoms with van der Waals surface area (Å²) in [5, 5.41) is 9.94. The first-order valence-electron chi connectivity index (χ1n) is 5.64. The first-order valence-corrected chi connectivity index (χ1v) is 6.43. The van der Waals surface area contributed by atoms with Crippen molar-refractivity contribution in [3.8, 4) is 0 Å². The zero-order valence-corrected chi connectivity index (χ0v) is 11.3. The summed E-state index contributed by atoms with van der Waals surface area (Å²) in [6, 6.07) is 4.77. The van der Waals surface area contributed by atoms with Crippen LogP contribution < -0.4 is 0 Å². The van der Waals surface area contributed by atoms with E-state index in [4.69, 9.17) is 0 Å². The fourth-order valence-electron chi connectivity index (χ4n) is 1.65. The predicted molar refractivity (Wildman–Crippen MR) is 67.7 cm³/mol. The Bertz CT molecular complexity index is 339. The molecule has 0 aliphatic rings. The highest BCUT2D eigenvalue weighted by Crippen LogP contribution is 2.29. The minimum absolute atomic E-state index is 0.319.